The molecule has 2 aliphatic heterocycles. The number of carbonyl (C=O) groups is 3. The number of imide groups is 1. The van der Waals surface area contributed by atoms with Crippen molar-refractivity contribution in [3.05, 3.63) is 54.5 Å². The summed E-state index contributed by atoms with van der Waals surface area (Å²) in [7, 11) is 0. The molecule has 4 aliphatic rings. The molecule has 2 aliphatic carbocycles. The Hall–Kier alpha value is -2.99. The lowest BCUT2D eigenvalue weighted by atomic mass is 9.68. The van der Waals surface area contributed by atoms with E-state index in [1.54, 1.807) is 12.1 Å². The number of nitro benzene ring substituents is 1. The fraction of sp³-hybridized carbons (Fsp3) is 0.429. The number of hydrogen-bond acceptors (Lipinski definition) is 8. The first-order valence-corrected chi connectivity index (χ1v) is 12.2. The Bertz CT molecular complexity index is 1300. The number of carbonyl (C=O) groups excluding carboxylic acids is 2. The predicted molar refractivity (Wildman–Crippen MR) is 116 cm³/mol. The van der Waals surface area contributed by atoms with Gasteiger partial charge in [0.25, 0.3) is 5.69 Å². The summed E-state index contributed by atoms with van der Waals surface area (Å²) in [6, 6.07) is 6.36. The number of aromatic amines is 1. The van der Waals surface area contributed by atoms with Crippen LogP contribution in [0.4, 0.5) is 5.69 Å². The van der Waals surface area contributed by atoms with Crippen LogP contribution < -0.4 is 4.87 Å². The zero-order chi connectivity index (χ0) is 23.2. The number of rotatable bonds is 4. The van der Waals surface area contributed by atoms with Crippen LogP contribution in [0.15, 0.2) is 34.1 Å². The second kappa shape index (κ2) is 7.00. The summed E-state index contributed by atoms with van der Waals surface area (Å²) in [5.41, 5.74) is 0.659. The molecule has 1 saturated heterocycles. The van der Waals surface area contributed by atoms with Crippen LogP contribution >= 0.6 is 23.1 Å². The number of aromatic nitrogens is 1. The quantitative estimate of drug-likeness (QED) is 0.377. The van der Waals surface area contributed by atoms with Crippen molar-refractivity contribution in [1.29, 1.82) is 0 Å². The minimum absolute atomic E-state index is 0.0486. The van der Waals surface area contributed by atoms with E-state index in [0.717, 1.165) is 21.1 Å². The van der Waals surface area contributed by atoms with Gasteiger partial charge in [-0.1, -0.05) is 23.5 Å². The van der Waals surface area contributed by atoms with Gasteiger partial charge in [0.2, 0.25) is 11.8 Å². The van der Waals surface area contributed by atoms with Crippen LogP contribution in [0.1, 0.15) is 22.8 Å². The van der Waals surface area contributed by atoms with E-state index in [9.17, 15) is 29.3 Å². The lowest BCUT2D eigenvalue weighted by molar-refractivity contribution is -0.384. The summed E-state index contributed by atoms with van der Waals surface area (Å²) in [5.74, 6) is -3.92. The van der Waals surface area contributed by atoms with E-state index in [2.05, 4.69) is 4.98 Å². The zero-order valence-electron chi connectivity index (χ0n) is 16.9. The second-order valence-electron chi connectivity index (χ2n) is 8.97. The van der Waals surface area contributed by atoms with Crippen LogP contribution in [0.25, 0.3) is 0 Å². The Morgan fingerprint density at radius 1 is 1.21 bits per heavy atom. The lowest BCUT2D eigenvalue weighted by Gasteiger charge is -2.43. The van der Waals surface area contributed by atoms with Gasteiger partial charge >= 0.3 is 10.8 Å². The molecule has 1 aromatic heterocycles. The Kier molecular flexibility index (Phi) is 4.37. The van der Waals surface area contributed by atoms with Crippen molar-refractivity contribution >= 4 is 46.6 Å². The highest BCUT2D eigenvalue weighted by molar-refractivity contribution is 8.00. The SMILES string of the molecule is O=C(O)CN1C(=O)[C@@H]2[C@H]3C[C@@H]([C@@H]2C1=O)[C@@H]1[C@@H](c2cccc([N+](=O)[O-])c2)c2sc(=O)[nH]c2S[C@H]31. The van der Waals surface area contributed by atoms with Crippen molar-refractivity contribution in [2.45, 2.75) is 22.6 Å². The van der Waals surface area contributed by atoms with Gasteiger partial charge in [-0.25, -0.2) is 0 Å². The molecule has 2 N–H and O–H groups in total. The maximum atomic E-state index is 13.1. The van der Waals surface area contributed by atoms with Gasteiger partial charge in [0, 0.05) is 28.2 Å². The van der Waals surface area contributed by atoms with E-state index in [-0.39, 0.29) is 39.5 Å². The van der Waals surface area contributed by atoms with Crippen LogP contribution in [0.5, 0.6) is 0 Å². The Morgan fingerprint density at radius 2 is 1.94 bits per heavy atom. The van der Waals surface area contributed by atoms with Crippen molar-refractivity contribution in [2.24, 2.45) is 29.6 Å². The van der Waals surface area contributed by atoms with E-state index in [1.165, 1.54) is 23.9 Å². The van der Waals surface area contributed by atoms with Gasteiger partial charge in [0.1, 0.15) is 6.54 Å². The Morgan fingerprint density at radius 3 is 2.64 bits per heavy atom. The van der Waals surface area contributed by atoms with E-state index in [0.29, 0.717) is 17.0 Å². The zero-order valence-corrected chi connectivity index (χ0v) is 18.5. The van der Waals surface area contributed by atoms with E-state index in [4.69, 9.17) is 5.11 Å². The molecule has 2 aromatic rings. The van der Waals surface area contributed by atoms with Gasteiger partial charge in [-0.2, -0.15) is 0 Å². The third-order valence-electron chi connectivity index (χ3n) is 7.55. The summed E-state index contributed by atoms with van der Waals surface area (Å²) in [6.07, 6.45) is 0.667. The normalized spacial score (nSPS) is 33.7. The van der Waals surface area contributed by atoms with E-state index >= 15 is 0 Å². The van der Waals surface area contributed by atoms with Crippen molar-refractivity contribution < 1.29 is 24.4 Å². The molecular weight excluding hydrogens is 470 g/mol. The molecule has 2 saturated carbocycles. The molecule has 2 bridgehead atoms. The number of non-ortho nitro benzene ring substituents is 1. The number of benzene rings is 1. The number of carboxylic acid groups (broad SMARTS) is 1. The minimum atomic E-state index is -1.23. The first-order valence-electron chi connectivity index (χ1n) is 10.5. The molecule has 10 nitrogen and oxygen atoms in total. The Labute approximate surface area is 194 Å². The summed E-state index contributed by atoms with van der Waals surface area (Å²) < 4.78 is 0. The molecule has 2 amide bonds. The molecule has 0 spiro atoms. The van der Waals surface area contributed by atoms with Crippen LogP contribution in [0.3, 0.4) is 0 Å². The fourth-order valence-electron chi connectivity index (χ4n) is 6.57. The highest BCUT2D eigenvalue weighted by atomic mass is 32.2. The molecule has 12 heteroatoms. The maximum absolute atomic E-state index is 13.1. The molecule has 0 unspecified atom stereocenters. The fourth-order valence-corrected chi connectivity index (χ4v) is 9.46. The van der Waals surface area contributed by atoms with Crippen molar-refractivity contribution in [3.8, 4) is 0 Å². The maximum Gasteiger partial charge on any atom is 0.323 e. The third kappa shape index (κ3) is 2.80. The predicted octanol–water partition coefficient (Wildman–Crippen LogP) is 1.90. The average molecular weight is 488 g/mol. The number of thioether (sulfide) groups is 1. The Balaban J connectivity index is 1.46. The van der Waals surface area contributed by atoms with E-state index < -0.39 is 41.1 Å². The van der Waals surface area contributed by atoms with Crippen LogP contribution in [0.2, 0.25) is 0 Å². The van der Waals surface area contributed by atoms with Crippen molar-refractivity contribution in [2.75, 3.05) is 6.54 Å². The number of nitrogens with zero attached hydrogens (tertiary/aromatic N) is 2. The van der Waals surface area contributed by atoms with Gasteiger partial charge in [0.05, 0.1) is 21.8 Å². The van der Waals surface area contributed by atoms with Crippen molar-refractivity contribution in [3.63, 3.8) is 0 Å². The van der Waals surface area contributed by atoms with Gasteiger partial charge < -0.3 is 10.1 Å². The molecule has 6 rings (SSSR count). The number of nitro groups is 1. The van der Waals surface area contributed by atoms with Crippen LogP contribution in [0, 0.1) is 39.7 Å². The summed E-state index contributed by atoms with van der Waals surface area (Å²) in [6.45, 7) is -0.637. The summed E-state index contributed by atoms with van der Waals surface area (Å²) in [4.78, 5) is 64.9. The van der Waals surface area contributed by atoms with Gasteiger partial charge in [-0.15, -0.1) is 11.8 Å². The van der Waals surface area contributed by atoms with Crippen molar-refractivity contribution in [1.82, 2.24) is 9.88 Å². The van der Waals surface area contributed by atoms with Gasteiger partial charge in [0.15, 0.2) is 0 Å². The molecular formula is C21H17N3O7S2. The number of fused-ring (bicyclic) bond motifs is 9. The molecule has 1 aromatic carbocycles. The number of carboxylic acids is 1. The number of H-pyrrole nitrogens is 1. The molecule has 33 heavy (non-hydrogen) atoms. The summed E-state index contributed by atoms with van der Waals surface area (Å²) in [5, 5.41) is 21.2. The number of amides is 2. The lowest BCUT2D eigenvalue weighted by Crippen LogP contribution is -2.42. The standard InChI is InChI=1S/C21H17N3O7S2/c25-11(26)6-23-19(27)14-9-5-10(15(14)20(23)28)16-13(9)12(17-18(32-16)22-21(29)33-17)7-2-1-3-8(4-7)24(30)31/h1-4,9-10,12-16H,5-6H2,(H,22,29)(H,25,26)/t9-,10-,12-,13-,14+,15-,16-/m1/s1. The van der Waals surface area contributed by atoms with Gasteiger partial charge in [-0.3, -0.25) is 34.2 Å². The van der Waals surface area contributed by atoms with E-state index in [1.807, 2.05) is 0 Å². The van der Waals surface area contributed by atoms with Crippen LogP contribution in [-0.4, -0.2) is 49.5 Å². The highest BCUT2D eigenvalue weighted by Gasteiger charge is 2.69. The second-order valence-corrected chi connectivity index (χ2v) is 11.2. The number of nitrogens with one attached hydrogen (secondary N) is 1. The molecule has 3 heterocycles. The molecule has 0 radical (unpaired) electrons. The number of likely N-dealkylation sites (tertiary alicyclic amines) is 1. The topological polar surface area (TPSA) is 151 Å². The van der Waals surface area contributed by atoms with Crippen LogP contribution in [-0.2, 0) is 14.4 Å². The highest BCUT2D eigenvalue weighted by Crippen LogP contribution is 2.68. The smallest absolute Gasteiger partial charge is 0.323 e. The summed E-state index contributed by atoms with van der Waals surface area (Å²) >= 11 is 2.59. The number of aliphatic carboxylic acids is 1. The number of thiazole rings is 1. The van der Waals surface area contributed by atoms with Gasteiger partial charge in [-0.05, 0) is 29.7 Å². The first kappa shape index (κ1) is 20.6. The molecule has 3 fully saturated rings. The largest absolute Gasteiger partial charge is 0.480 e. The first-order chi connectivity index (χ1) is 15.8. The average Bonchev–Trinajstić information content (AvgIpc) is 3.49. The monoisotopic (exact) mass is 487 g/mol. The third-order valence-corrected chi connectivity index (χ3v) is 10.1. The number of hydrogen-bond donors (Lipinski definition) is 2. The molecule has 170 valence electrons. The minimum Gasteiger partial charge on any atom is -0.480 e. The molecule has 7 atom stereocenters.